The molecule has 1 amide bonds. The first-order valence-electron chi connectivity index (χ1n) is 11.9. The fourth-order valence-corrected chi connectivity index (χ4v) is 5.04. The van der Waals surface area contributed by atoms with Crippen molar-refractivity contribution >= 4 is 11.7 Å². The number of nitrogens with one attached hydrogen (secondary N) is 1. The molecule has 1 saturated heterocycles. The number of rotatable bonds is 5. The van der Waals surface area contributed by atoms with Crippen LogP contribution in [0.5, 0.6) is 0 Å². The fraction of sp³-hybridized carbons (Fsp3) is 0.481. The van der Waals surface area contributed by atoms with Crippen LogP contribution in [0.15, 0.2) is 36.5 Å². The van der Waals surface area contributed by atoms with Crippen molar-refractivity contribution < 1.29 is 9.90 Å². The van der Waals surface area contributed by atoms with Crippen LogP contribution in [0.2, 0.25) is 0 Å². The van der Waals surface area contributed by atoms with Crippen LogP contribution in [0.1, 0.15) is 61.4 Å². The van der Waals surface area contributed by atoms with E-state index in [0.717, 1.165) is 43.6 Å². The number of anilines is 1. The van der Waals surface area contributed by atoms with Gasteiger partial charge in [0.2, 0.25) is 0 Å². The zero-order valence-corrected chi connectivity index (χ0v) is 19.6. The summed E-state index contributed by atoms with van der Waals surface area (Å²) in [5, 5.41) is 12.7. The standard InChI is InChI=1S/C27H34N4O2/c1-3-4-13-31-16-18(2)25(17-31)20-7-5-19(6-8-20)21-14-24(26(28)29-15-21)27(33)30-22-9-11-23(32)12-10-22/h5-8,14-15,18,22-23,25,32H,9-13,16-17H2,1-2H3,(H2,28,29)(H,30,33)/t18-,22?,23?,25-/m1/s1. The molecule has 2 aliphatic rings. The predicted molar refractivity (Wildman–Crippen MR) is 132 cm³/mol. The van der Waals surface area contributed by atoms with E-state index in [1.165, 1.54) is 5.56 Å². The molecule has 6 nitrogen and oxygen atoms in total. The molecule has 33 heavy (non-hydrogen) atoms. The zero-order valence-electron chi connectivity index (χ0n) is 19.6. The van der Waals surface area contributed by atoms with Crippen LogP contribution in [0.25, 0.3) is 11.1 Å². The molecule has 0 spiro atoms. The van der Waals surface area contributed by atoms with Crippen molar-refractivity contribution in [3.8, 4) is 23.0 Å². The Morgan fingerprint density at radius 3 is 2.61 bits per heavy atom. The van der Waals surface area contributed by atoms with Crippen LogP contribution in [-0.4, -0.2) is 52.7 Å². The van der Waals surface area contributed by atoms with Crippen molar-refractivity contribution in [3.63, 3.8) is 0 Å². The smallest absolute Gasteiger partial charge is 0.255 e. The Morgan fingerprint density at radius 2 is 1.91 bits per heavy atom. The van der Waals surface area contributed by atoms with E-state index < -0.39 is 0 Å². The Balaban J connectivity index is 1.46. The molecule has 1 aromatic heterocycles. The summed E-state index contributed by atoms with van der Waals surface area (Å²) in [6.45, 7) is 7.12. The minimum atomic E-state index is -0.253. The summed E-state index contributed by atoms with van der Waals surface area (Å²) in [6.07, 6.45) is 4.47. The van der Waals surface area contributed by atoms with Crippen LogP contribution < -0.4 is 11.1 Å². The fourth-order valence-electron chi connectivity index (χ4n) is 5.04. The number of benzene rings is 1. The lowest BCUT2D eigenvalue weighted by Crippen LogP contribution is -2.38. The molecule has 0 unspecified atom stereocenters. The van der Waals surface area contributed by atoms with Gasteiger partial charge in [0.05, 0.1) is 18.2 Å². The van der Waals surface area contributed by atoms with E-state index in [0.29, 0.717) is 30.2 Å². The van der Waals surface area contributed by atoms with Crippen molar-refractivity contribution in [2.24, 2.45) is 5.92 Å². The maximum atomic E-state index is 12.9. The SMILES string of the molecule is CC#CCN1C[C@@H](C)[C@H](c2ccc(-c3cnc(N)c(C(=O)NC4CCC(O)CC4)c3)cc2)C1. The number of nitrogens with zero attached hydrogens (tertiary/aromatic N) is 2. The number of hydrogen-bond donors (Lipinski definition) is 3. The molecule has 2 atom stereocenters. The molecular weight excluding hydrogens is 412 g/mol. The number of hydrogen-bond acceptors (Lipinski definition) is 5. The summed E-state index contributed by atoms with van der Waals surface area (Å²) in [5.74, 6) is 7.28. The number of likely N-dealkylation sites (tertiary alicyclic amines) is 1. The van der Waals surface area contributed by atoms with Crippen molar-refractivity contribution in [2.45, 2.75) is 57.6 Å². The molecule has 0 bridgehead atoms. The van der Waals surface area contributed by atoms with Crippen molar-refractivity contribution in [3.05, 3.63) is 47.7 Å². The Morgan fingerprint density at radius 1 is 1.18 bits per heavy atom. The number of amides is 1. The highest BCUT2D eigenvalue weighted by atomic mass is 16.3. The van der Waals surface area contributed by atoms with Gasteiger partial charge >= 0.3 is 0 Å². The lowest BCUT2D eigenvalue weighted by molar-refractivity contribution is 0.0868. The van der Waals surface area contributed by atoms with Crippen molar-refractivity contribution in [2.75, 3.05) is 25.4 Å². The number of aliphatic hydroxyl groups excluding tert-OH is 1. The van der Waals surface area contributed by atoms with Gasteiger partial charge in [-0.05, 0) is 55.7 Å². The molecule has 2 heterocycles. The maximum absolute atomic E-state index is 12.9. The van der Waals surface area contributed by atoms with E-state index in [4.69, 9.17) is 5.73 Å². The summed E-state index contributed by atoms with van der Waals surface area (Å²) in [7, 11) is 0. The van der Waals surface area contributed by atoms with E-state index >= 15 is 0 Å². The predicted octanol–water partition coefficient (Wildman–Crippen LogP) is 3.42. The van der Waals surface area contributed by atoms with Gasteiger partial charge in [-0.2, -0.15) is 0 Å². The minimum absolute atomic E-state index is 0.0690. The quantitative estimate of drug-likeness (QED) is 0.612. The van der Waals surface area contributed by atoms with Gasteiger partial charge in [-0.25, -0.2) is 4.98 Å². The largest absolute Gasteiger partial charge is 0.393 e. The summed E-state index contributed by atoms with van der Waals surface area (Å²) in [4.78, 5) is 19.6. The van der Waals surface area contributed by atoms with E-state index in [1.807, 2.05) is 13.0 Å². The maximum Gasteiger partial charge on any atom is 0.255 e. The number of pyridine rings is 1. The van der Waals surface area contributed by atoms with Gasteiger partial charge < -0.3 is 16.2 Å². The van der Waals surface area contributed by atoms with Gasteiger partial charge in [0.1, 0.15) is 5.82 Å². The van der Waals surface area contributed by atoms with Gasteiger partial charge in [-0.3, -0.25) is 9.69 Å². The Labute approximate surface area is 196 Å². The lowest BCUT2D eigenvalue weighted by Gasteiger charge is -2.26. The highest BCUT2D eigenvalue weighted by Gasteiger charge is 2.30. The Hall–Kier alpha value is -2.88. The van der Waals surface area contributed by atoms with Gasteiger partial charge in [0, 0.05) is 36.8 Å². The van der Waals surface area contributed by atoms with Crippen LogP contribution >= 0.6 is 0 Å². The van der Waals surface area contributed by atoms with Crippen LogP contribution in [0.4, 0.5) is 5.82 Å². The summed E-state index contributed by atoms with van der Waals surface area (Å²) in [5.41, 5.74) is 9.66. The number of carbonyl (C=O) groups is 1. The molecule has 1 aromatic carbocycles. The topological polar surface area (TPSA) is 91.5 Å². The van der Waals surface area contributed by atoms with Gasteiger partial charge in [0.25, 0.3) is 5.91 Å². The van der Waals surface area contributed by atoms with Gasteiger partial charge in [0.15, 0.2) is 0 Å². The second-order valence-corrected chi connectivity index (χ2v) is 9.46. The molecule has 1 aliphatic carbocycles. The molecular formula is C27H34N4O2. The van der Waals surface area contributed by atoms with Crippen molar-refractivity contribution in [1.82, 2.24) is 15.2 Å². The third-order valence-corrected chi connectivity index (χ3v) is 7.03. The average Bonchev–Trinajstić information content (AvgIpc) is 3.20. The van der Waals surface area contributed by atoms with Crippen LogP contribution in [-0.2, 0) is 0 Å². The first-order valence-corrected chi connectivity index (χ1v) is 11.9. The molecule has 0 radical (unpaired) electrons. The van der Waals surface area contributed by atoms with Gasteiger partial charge in [-0.1, -0.05) is 37.1 Å². The lowest BCUT2D eigenvalue weighted by atomic mass is 9.89. The van der Waals surface area contributed by atoms with Crippen LogP contribution in [0.3, 0.4) is 0 Å². The third-order valence-electron chi connectivity index (χ3n) is 7.03. The van der Waals surface area contributed by atoms with Crippen molar-refractivity contribution in [1.29, 1.82) is 0 Å². The van der Waals surface area contributed by atoms with E-state index in [9.17, 15) is 9.90 Å². The first kappa shape index (κ1) is 23.3. The second kappa shape index (κ2) is 10.4. The number of nitrogen functional groups attached to an aromatic ring is 1. The molecule has 2 fully saturated rings. The number of carbonyl (C=O) groups excluding carboxylic acids is 1. The highest BCUT2D eigenvalue weighted by molar-refractivity contribution is 5.99. The number of aliphatic hydroxyl groups is 1. The Bertz CT molecular complexity index is 1030. The number of nitrogens with two attached hydrogens (primary N) is 1. The van der Waals surface area contributed by atoms with E-state index in [1.54, 1.807) is 6.20 Å². The molecule has 1 saturated carbocycles. The van der Waals surface area contributed by atoms with E-state index in [-0.39, 0.29) is 23.9 Å². The first-order chi connectivity index (χ1) is 15.9. The van der Waals surface area contributed by atoms with E-state index in [2.05, 4.69) is 58.2 Å². The number of aromatic nitrogens is 1. The highest BCUT2D eigenvalue weighted by Crippen LogP contribution is 2.33. The van der Waals surface area contributed by atoms with Gasteiger partial charge in [-0.15, -0.1) is 5.92 Å². The normalized spacial score (nSPS) is 25.3. The third kappa shape index (κ3) is 5.55. The monoisotopic (exact) mass is 446 g/mol. The molecule has 6 heteroatoms. The minimum Gasteiger partial charge on any atom is -0.393 e. The summed E-state index contributed by atoms with van der Waals surface area (Å²) >= 11 is 0. The molecule has 4 N–H and O–H groups in total. The molecule has 1 aliphatic heterocycles. The Kier molecular flexibility index (Phi) is 7.32. The zero-order chi connectivity index (χ0) is 23.4. The molecule has 174 valence electrons. The molecule has 2 aromatic rings. The summed E-state index contributed by atoms with van der Waals surface area (Å²) in [6, 6.07) is 10.5. The molecule has 4 rings (SSSR count). The second-order valence-electron chi connectivity index (χ2n) is 9.46. The average molecular weight is 447 g/mol. The van der Waals surface area contributed by atoms with Crippen LogP contribution in [0, 0.1) is 17.8 Å². The summed E-state index contributed by atoms with van der Waals surface area (Å²) < 4.78 is 0.